The maximum Gasteiger partial charge on any atom is 0.198 e. The standard InChI is InChI=1S/C13H11ClO2/c1-8-7-11(9(2)16-8)13(15)10-5-3-4-6-12(10)14/h3-7H,1-2H3. The normalized spacial score (nSPS) is 10.4. The van der Waals surface area contributed by atoms with E-state index in [1.807, 2.05) is 6.92 Å². The fraction of sp³-hybridized carbons (Fsp3) is 0.154. The van der Waals surface area contributed by atoms with Gasteiger partial charge in [0.1, 0.15) is 11.5 Å². The molecule has 0 spiro atoms. The van der Waals surface area contributed by atoms with Crippen LogP contribution in [-0.2, 0) is 0 Å². The van der Waals surface area contributed by atoms with E-state index in [2.05, 4.69) is 0 Å². The number of halogens is 1. The van der Waals surface area contributed by atoms with Crippen molar-refractivity contribution in [2.24, 2.45) is 0 Å². The summed E-state index contributed by atoms with van der Waals surface area (Å²) in [5, 5.41) is 0.464. The zero-order chi connectivity index (χ0) is 11.7. The largest absolute Gasteiger partial charge is 0.466 e. The predicted octanol–water partition coefficient (Wildman–Crippen LogP) is 3.78. The lowest BCUT2D eigenvalue weighted by atomic mass is 10.0. The molecule has 2 rings (SSSR count). The van der Waals surface area contributed by atoms with Gasteiger partial charge in [0.15, 0.2) is 5.78 Å². The van der Waals surface area contributed by atoms with Crippen LogP contribution < -0.4 is 0 Å². The van der Waals surface area contributed by atoms with Gasteiger partial charge in [-0.1, -0.05) is 23.7 Å². The van der Waals surface area contributed by atoms with E-state index in [-0.39, 0.29) is 5.78 Å². The molecule has 0 aliphatic carbocycles. The van der Waals surface area contributed by atoms with Crippen molar-refractivity contribution in [3.63, 3.8) is 0 Å². The van der Waals surface area contributed by atoms with Gasteiger partial charge in [0, 0.05) is 5.56 Å². The van der Waals surface area contributed by atoms with Gasteiger partial charge in [-0.2, -0.15) is 0 Å². The first-order valence-electron chi connectivity index (χ1n) is 4.96. The first-order valence-corrected chi connectivity index (χ1v) is 5.33. The summed E-state index contributed by atoms with van der Waals surface area (Å²) in [7, 11) is 0. The monoisotopic (exact) mass is 234 g/mol. The highest BCUT2D eigenvalue weighted by Gasteiger charge is 2.17. The maximum absolute atomic E-state index is 12.2. The van der Waals surface area contributed by atoms with Crippen molar-refractivity contribution in [1.82, 2.24) is 0 Å². The zero-order valence-corrected chi connectivity index (χ0v) is 9.84. The van der Waals surface area contributed by atoms with Crippen molar-refractivity contribution < 1.29 is 9.21 Å². The highest BCUT2D eigenvalue weighted by Crippen LogP contribution is 2.22. The predicted molar refractivity (Wildman–Crippen MR) is 63.1 cm³/mol. The number of carbonyl (C=O) groups is 1. The minimum Gasteiger partial charge on any atom is -0.466 e. The highest BCUT2D eigenvalue weighted by atomic mass is 35.5. The smallest absolute Gasteiger partial charge is 0.198 e. The Bertz CT molecular complexity index is 541. The Morgan fingerprint density at radius 2 is 1.88 bits per heavy atom. The number of hydrogen-bond acceptors (Lipinski definition) is 2. The number of ketones is 1. The van der Waals surface area contributed by atoms with Gasteiger partial charge < -0.3 is 4.42 Å². The molecule has 0 atom stereocenters. The van der Waals surface area contributed by atoms with Crippen LogP contribution in [-0.4, -0.2) is 5.78 Å². The Morgan fingerprint density at radius 1 is 1.19 bits per heavy atom. The molecule has 16 heavy (non-hydrogen) atoms. The average molecular weight is 235 g/mol. The number of aryl methyl sites for hydroxylation is 2. The van der Waals surface area contributed by atoms with Crippen molar-refractivity contribution in [1.29, 1.82) is 0 Å². The first kappa shape index (κ1) is 11.0. The summed E-state index contributed by atoms with van der Waals surface area (Å²) in [6.07, 6.45) is 0. The van der Waals surface area contributed by atoms with Crippen LogP contribution in [0.1, 0.15) is 27.4 Å². The Kier molecular flexibility index (Phi) is 2.84. The topological polar surface area (TPSA) is 30.2 Å². The van der Waals surface area contributed by atoms with Gasteiger partial charge in [-0.15, -0.1) is 0 Å². The van der Waals surface area contributed by atoms with Gasteiger partial charge >= 0.3 is 0 Å². The molecule has 1 aromatic carbocycles. The van der Waals surface area contributed by atoms with Gasteiger partial charge in [0.05, 0.1) is 10.6 Å². The molecule has 2 nitrogen and oxygen atoms in total. The van der Waals surface area contributed by atoms with Crippen molar-refractivity contribution in [3.05, 3.63) is 58.0 Å². The SMILES string of the molecule is Cc1cc(C(=O)c2ccccc2Cl)c(C)o1. The molecular formula is C13H11ClO2. The second kappa shape index (κ2) is 4.14. The van der Waals surface area contributed by atoms with Crippen LogP contribution in [0, 0.1) is 13.8 Å². The molecule has 0 fully saturated rings. The number of furan rings is 1. The molecule has 0 saturated heterocycles. The van der Waals surface area contributed by atoms with Crippen LogP contribution in [0.15, 0.2) is 34.7 Å². The van der Waals surface area contributed by atoms with Crippen LogP contribution in [0.5, 0.6) is 0 Å². The fourth-order valence-corrected chi connectivity index (χ4v) is 1.87. The Labute approximate surface area is 98.8 Å². The molecule has 3 heteroatoms. The van der Waals surface area contributed by atoms with Crippen molar-refractivity contribution in [2.75, 3.05) is 0 Å². The van der Waals surface area contributed by atoms with E-state index in [1.165, 1.54) is 0 Å². The van der Waals surface area contributed by atoms with E-state index >= 15 is 0 Å². The van der Waals surface area contributed by atoms with Crippen LogP contribution in [0.25, 0.3) is 0 Å². The van der Waals surface area contributed by atoms with E-state index in [9.17, 15) is 4.79 Å². The molecule has 2 aromatic rings. The van der Waals surface area contributed by atoms with E-state index < -0.39 is 0 Å². The third kappa shape index (κ3) is 1.89. The Balaban J connectivity index is 2.47. The first-order chi connectivity index (χ1) is 7.59. The Morgan fingerprint density at radius 3 is 2.44 bits per heavy atom. The summed E-state index contributed by atoms with van der Waals surface area (Å²) in [6.45, 7) is 3.59. The highest BCUT2D eigenvalue weighted by molar-refractivity contribution is 6.35. The lowest BCUT2D eigenvalue weighted by molar-refractivity contribution is 0.103. The summed E-state index contributed by atoms with van der Waals surface area (Å²) in [6, 6.07) is 8.75. The van der Waals surface area contributed by atoms with Gasteiger partial charge in [-0.3, -0.25) is 4.79 Å². The number of carbonyl (C=O) groups excluding carboxylic acids is 1. The summed E-state index contributed by atoms with van der Waals surface area (Å²) < 4.78 is 5.33. The van der Waals surface area contributed by atoms with Crippen molar-refractivity contribution >= 4 is 17.4 Å². The molecule has 0 amide bonds. The summed E-state index contributed by atoms with van der Waals surface area (Å²) in [5.74, 6) is 1.26. The van der Waals surface area contributed by atoms with E-state index in [0.29, 0.717) is 21.9 Å². The van der Waals surface area contributed by atoms with E-state index in [1.54, 1.807) is 37.3 Å². The number of rotatable bonds is 2. The van der Waals surface area contributed by atoms with Crippen LogP contribution in [0.4, 0.5) is 0 Å². The van der Waals surface area contributed by atoms with Gasteiger partial charge in [0.25, 0.3) is 0 Å². The quantitative estimate of drug-likeness (QED) is 0.741. The molecule has 82 valence electrons. The van der Waals surface area contributed by atoms with Gasteiger partial charge in [0.2, 0.25) is 0 Å². The number of hydrogen-bond donors (Lipinski definition) is 0. The average Bonchev–Trinajstić information content (AvgIpc) is 2.58. The minimum atomic E-state index is -0.0973. The lowest BCUT2D eigenvalue weighted by Crippen LogP contribution is -2.02. The van der Waals surface area contributed by atoms with Crippen molar-refractivity contribution in [3.8, 4) is 0 Å². The number of benzene rings is 1. The second-order valence-corrected chi connectivity index (χ2v) is 4.04. The molecule has 0 N–H and O–H groups in total. The van der Waals surface area contributed by atoms with Crippen LogP contribution in [0.3, 0.4) is 0 Å². The molecular weight excluding hydrogens is 224 g/mol. The minimum absolute atomic E-state index is 0.0973. The molecule has 0 unspecified atom stereocenters. The van der Waals surface area contributed by atoms with Crippen LogP contribution in [0.2, 0.25) is 5.02 Å². The zero-order valence-electron chi connectivity index (χ0n) is 9.08. The van der Waals surface area contributed by atoms with Gasteiger partial charge in [-0.25, -0.2) is 0 Å². The Hall–Kier alpha value is -1.54. The molecule has 0 bridgehead atoms. The third-order valence-electron chi connectivity index (χ3n) is 2.40. The summed E-state index contributed by atoms with van der Waals surface area (Å²) >= 11 is 5.98. The van der Waals surface area contributed by atoms with Gasteiger partial charge in [-0.05, 0) is 32.0 Å². The molecule has 0 aliphatic rings. The lowest BCUT2D eigenvalue weighted by Gasteiger charge is -2.01. The molecule has 0 radical (unpaired) electrons. The summed E-state index contributed by atoms with van der Waals surface area (Å²) in [5.41, 5.74) is 1.08. The van der Waals surface area contributed by atoms with Crippen LogP contribution >= 0.6 is 11.6 Å². The maximum atomic E-state index is 12.2. The fourth-order valence-electron chi connectivity index (χ4n) is 1.65. The third-order valence-corrected chi connectivity index (χ3v) is 2.73. The van der Waals surface area contributed by atoms with Crippen molar-refractivity contribution in [2.45, 2.75) is 13.8 Å². The second-order valence-electron chi connectivity index (χ2n) is 3.64. The molecule has 1 aromatic heterocycles. The summed E-state index contributed by atoms with van der Waals surface area (Å²) in [4.78, 5) is 12.2. The molecule has 0 saturated carbocycles. The van der Waals surface area contributed by atoms with E-state index in [4.69, 9.17) is 16.0 Å². The molecule has 1 heterocycles. The van der Waals surface area contributed by atoms with E-state index in [0.717, 1.165) is 5.76 Å². The molecule has 0 aliphatic heterocycles.